The molecule has 3 amide bonds. The smallest absolute Gasteiger partial charge is 0.394 e. The molecular formula is C21H25F3N4O6. The number of hydrogen-bond donors (Lipinski definition) is 5. The van der Waals surface area contributed by atoms with Crippen LogP contribution >= 0.6 is 0 Å². The lowest BCUT2D eigenvalue weighted by Gasteiger charge is -2.42. The van der Waals surface area contributed by atoms with E-state index in [9.17, 15) is 37.8 Å². The average Bonchev–Trinajstić information content (AvgIpc) is 3.16. The van der Waals surface area contributed by atoms with Crippen LogP contribution in [0, 0.1) is 5.92 Å². The molecule has 0 aromatic heterocycles. The number of amides is 3. The zero-order valence-corrected chi connectivity index (χ0v) is 18.1. The Hall–Kier alpha value is -3.00. The molecule has 2 aliphatic rings. The van der Waals surface area contributed by atoms with Crippen LogP contribution in [-0.2, 0) is 9.53 Å². The lowest BCUT2D eigenvalue weighted by molar-refractivity contribution is -0.173. The maximum Gasteiger partial charge on any atom is 0.471 e. The number of ether oxygens (including phenoxy) is 1. The molecule has 13 heteroatoms. The Morgan fingerprint density at radius 2 is 2.00 bits per heavy atom. The molecule has 1 saturated heterocycles. The monoisotopic (exact) mass is 486 g/mol. The van der Waals surface area contributed by atoms with Gasteiger partial charge in [-0.25, -0.2) is 4.79 Å². The summed E-state index contributed by atoms with van der Waals surface area (Å²) in [4.78, 5) is 38.5. The molecule has 1 aromatic carbocycles. The van der Waals surface area contributed by atoms with Crippen LogP contribution in [0.1, 0.15) is 23.7 Å². The summed E-state index contributed by atoms with van der Waals surface area (Å²) in [5, 5.41) is 23.5. The molecule has 34 heavy (non-hydrogen) atoms. The maximum absolute atomic E-state index is 13.3. The van der Waals surface area contributed by atoms with Crippen molar-refractivity contribution in [1.29, 1.82) is 0 Å². The van der Waals surface area contributed by atoms with E-state index in [0.717, 1.165) is 4.90 Å². The van der Waals surface area contributed by atoms with E-state index >= 15 is 0 Å². The van der Waals surface area contributed by atoms with Crippen molar-refractivity contribution in [3.8, 4) is 0 Å². The van der Waals surface area contributed by atoms with E-state index in [1.807, 2.05) is 0 Å². The average molecular weight is 486 g/mol. The van der Waals surface area contributed by atoms with E-state index in [-0.39, 0.29) is 17.6 Å². The number of aliphatic hydroxyl groups excluding tert-OH is 2. The van der Waals surface area contributed by atoms with Crippen molar-refractivity contribution in [3.05, 3.63) is 47.7 Å². The molecule has 1 aromatic rings. The highest BCUT2D eigenvalue weighted by Crippen LogP contribution is 2.32. The summed E-state index contributed by atoms with van der Waals surface area (Å²) < 4.78 is 43.4. The van der Waals surface area contributed by atoms with Crippen molar-refractivity contribution >= 4 is 17.7 Å². The van der Waals surface area contributed by atoms with Crippen molar-refractivity contribution in [3.63, 3.8) is 0 Å². The number of benzene rings is 1. The molecule has 5 atom stereocenters. The number of hydrogen-bond acceptors (Lipinski definition) is 7. The van der Waals surface area contributed by atoms with Crippen LogP contribution in [0.5, 0.6) is 0 Å². The van der Waals surface area contributed by atoms with Crippen LogP contribution in [0.15, 0.2) is 42.1 Å². The van der Waals surface area contributed by atoms with Gasteiger partial charge in [-0.1, -0.05) is 37.3 Å². The summed E-state index contributed by atoms with van der Waals surface area (Å²) in [5.41, 5.74) is 4.38. The largest absolute Gasteiger partial charge is 0.471 e. The zero-order chi connectivity index (χ0) is 25.3. The summed E-state index contributed by atoms with van der Waals surface area (Å²) in [6.07, 6.45) is -7.04. The first-order valence-electron chi connectivity index (χ1n) is 10.4. The topological polar surface area (TPSA) is 154 Å². The Balaban J connectivity index is 1.96. The summed E-state index contributed by atoms with van der Waals surface area (Å²) >= 11 is 0. The van der Waals surface area contributed by atoms with Gasteiger partial charge in [-0.05, 0) is 5.57 Å². The van der Waals surface area contributed by atoms with E-state index < -0.39 is 67.1 Å². The number of aliphatic hydroxyl groups is 2. The van der Waals surface area contributed by atoms with Crippen molar-refractivity contribution in [1.82, 2.24) is 15.5 Å². The summed E-state index contributed by atoms with van der Waals surface area (Å²) in [6.45, 7) is 0.387. The van der Waals surface area contributed by atoms with Crippen molar-refractivity contribution < 1.29 is 42.5 Å². The molecule has 2 unspecified atom stereocenters. The van der Waals surface area contributed by atoms with Crippen molar-refractivity contribution in [2.75, 3.05) is 13.2 Å². The number of halogens is 3. The van der Waals surface area contributed by atoms with Gasteiger partial charge in [-0.3, -0.25) is 20.2 Å². The molecule has 2 aliphatic heterocycles. The van der Waals surface area contributed by atoms with Crippen molar-refractivity contribution in [2.24, 2.45) is 11.7 Å². The summed E-state index contributed by atoms with van der Waals surface area (Å²) in [7, 11) is 0. The van der Waals surface area contributed by atoms with E-state index in [1.54, 1.807) is 23.5 Å². The number of alkyl halides is 3. The highest BCUT2D eigenvalue weighted by molar-refractivity contribution is 6.07. The van der Waals surface area contributed by atoms with Gasteiger partial charge in [0.15, 0.2) is 5.66 Å². The minimum absolute atomic E-state index is 0.00830. The number of carbonyl (C=O) groups is 3. The zero-order valence-electron chi connectivity index (χ0n) is 18.1. The highest BCUT2D eigenvalue weighted by atomic mass is 19.4. The second-order valence-electron chi connectivity index (χ2n) is 8.15. The van der Waals surface area contributed by atoms with E-state index in [0.29, 0.717) is 0 Å². The van der Waals surface area contributed by atoms with Crippen LogP contribution < -0.4 is 16.4 Å². The molecule has 10 nitrogen and oxygen atoms in total. The SMILES string of the molecule is CC(CNC(=O)C(F)(F)F)C1=CN([C@H]2C[C@H](O)[C@@H](CO)O2)C(=O)NC1(N)C(=O)c1ccccc1. The fraction of sp³-hybridized carbons (Fsp3) is 0.476. The first kappa shape index (κ1) is 25.6. The second kappa shape index (κ2) is 9.70. The number of ketones is 1. The summed E-state index contributed by atoms with van der Waals surface area (Å²) in [6, 6.07) is 6.89. The second-order valence-corrected chi connectivity index (χ2v) is 8.15. The lowest BCUT2D eigenvalue weighted by atomic mass is 9.83. The Bertz CT molecular complexity index is 973. The van der Waals surface area contributed by atoms with E-state index in [2.05, 4.69) is 5.32 Å². The van der Waals surface area contributed by atoms with Gasteiger partial charge in [0.05, 0.1) is 12.7 Å². The van der Waals surface area contributed by atoms with Crippen molar-refractivity contribution in [2.45, 2.75) is 43.6 Å². The third-order valence-electron chi connectivity index (χ3n) is 5.72. The molecule has 2 heterocycles. The molecule has 3 rings (SSSR count). The summed E-state index contributed by atoms with van der Waals surface area (Å²) in [5.74, 6) is -3.82. The van der Waals surface area contributed by atoms with Gasteiger partial charge >= 0.3 is 18.1 Å². The minimum Gasteiger partial charge on any atom is -0.394 e. The molecule has 0 radical (unpaired) electrons. The van der Waals surface area contributed by atoms with Gasteiger partial charge in [0.2, 0.25) is 5.78 Å². The number of nitrogens with one attached hydrogen (secondary N) is 2. The fourth-order valence-corrected chi connectivity index (χ4v) is 3.86. The predicted octanol–water partition coefficient (Wildman–Crippen LogP) is 0.216. The minimum atomic E-state index is -5.10. The van der Waals surface area contributed by atoms with Gasteiger partial charge in [0.1, 0.15) is 12.3 Å². The third-order valence-corrected chi connectivity index (χ3v) is 5.72. The predicted molar refractivity (Wildman–Crippen MR) is 111 cm³/mol. The van der Waals surface area contributed by atoms with E-state index in [1.165, 1.54) is 25.3 Å². The Morgan fingerprint density at radius 1 is 1.35 bits per heavy atom. The first-order chi connectivity index (χ1) is 15.9. The maximum atomic E-state index is 13.3. The standard InChI is InChI=1S/C21H25F3N4O6/c1-11(8-26-18(32)21(22,23)24)13-9-28(16-7-14(30)15(10-29)34-16)19(33)27-20(13,25)17(31)12-5-3-2-4-6-12/h2-6,9,11,14-16,29-30H,7-8,10,25H2,1H3,(H,26,32)(H,27,33)/t11?,14-,15+,16+,20?/m0/s1. The molecule has 186 valence electrons. The van der Waals surface area contributed by atoms with Crippen LogP contribution in [0.4, 0.5) is 18.0 Å². The Labute approximate surface area is 192 Å². The molecule has 0 aliphatic carbocycles. The molecule has 6 N–H and O–H groups in total. The Kier molecular flexibility index (Phi) is 7.31. The molecule has 1 fully saturated rings. The van der Waals surface area contributed by atoms with Crippen LogP contribution in [-0.4, -0.2) is 76.3 Å². The Morgan fingerprint density at radius 3 is 2.56 bits per heavy atom. The highest BCUT2D eigenvalue weighted by Gasteiger charge is 2.49. The van der Waals surface area contributed by atoms with Gasteiger partial charge in [0.25, 0.3) is 0 Å². The molecular weight excluding hydrogens is 461 g/mol. The number of nitrogens with two attached hydrogens (primary N) is 1. The van der Waals surface area contributed by atoms with Crippen LogP contribution in [0.25, 0.3) is 0 Å². The van der Waals surface area contributed by atoms with E-state index in [4.69, 9.17) is 10.5 Å². The van der Waals surface area contributed by atoms with Gasteiger partial charge in [-0.15, -0.1) is 0 Å². The molecule has 0 spiro atoms. The number of nitrogens with zero attached hydrogens (tertiary/aromatic N) is 1. The lowest BCUT2D eigenvalue weighted by Crippen LogP contribution is -2.69. The fourth-order valence-electron chi connectivity index (χ4n) is 3.86. The van der Waals surface area contributed by atoms with Gasteiger partial charge in [-0.2, -0.15) is 13.2 Å². The quantitative estimate of drug-likeness (QED) is 0.345. The number of Topliss-reactive ketones (excluding diaryl/α,β-unsaturated/α-hetero) is 1. The normalized spacial score (nSPS) is 28.2. The molecule has 0 saturated carbocycles. The number of rotatable bonds is 7. The van der Waals surface area contributed by atoms with Crippen LogP contribution in [0.2, 0.25) is 0 Å². The van der Waals surface area contributed by atoms with Gasteiger partial charge < -0.3 is 25.6 Å². The first-order valence-corrected chi connectivity index (χ1v) is 10.4. The number of carbonyl (C=O) groups excluding carboxylic acids is 3. The third kappa shape index (κ3) is 5.06. The van der Waals surface area contributed by atoms with Crippen LogP contribution in [0.3, 0.4) is 0 Å². The van der Waals surface area contributed by atoms with Gasteiger partial charge in [0, 0.05) is 30.6 Å². The molecule has 0 bridgehead atoms. The number of urea groups is 1.